The van der Waals surface area contributed by atoms with E-state index in [9.17, 15) is 23.5 Å². The zero-order valence-electron chi connectivity index (χ0n) is 23.2. The second-order valence-electron chi connectivity index (χ2n) is 9.59. The molecule has 2 heterocycles. The number of hydrogen-bond acceptors (Lipinski definition) is 5. The lowest BCUT2D eigenvalue weighted by Crippen LogP contribution is -2.24. The molecule has 2 aromatic heterocycles. The van der Waals surface area contributed by atoms with Gasteiger partial charge in [-0.3, -0.25) is 9.59 Å². The fourth-order valence-electron chi connectivity index (χ4n) is 3.74. The number of nitrogens with one attached hydrogen (secondary N) is 1. The molecule has 0 bridgehead atoms. The largest absolute Gasteiger partial charge is 0.388 e. The van der Waals surface area contributed by atoms with Crippen LogP contribution in [0.25, 0.3) is 16.5 Å². The molecule has 2 atom stereocenters. The smallest absolute Gasteiger partial charge is 0.272 e. The Kier molecular flexibility index (Phi) is 10.4. The van der Waals surface area contributed by atoms with Gasteiger partial charge in [-0.2, -0.15) is 0 Å². The Labute approximate surface area is 223 Å². The number of aromatic nitrogens is 2. The standard InChI is InChI=1S/C26H30F2N4O3.C3H8/c1-7-17(14(3)9-15(4)21(33)8-2)18-10-16-13-29-22(31-24(34)19-12-26(19,27)28)11-20(16)30-23(18)25(35)32(5)6;1-3-2/h7,9-11,13,19,21,33H,4,8,12H2,1-3,5-6H3,(H,29,31,34);3H2,1-2H3/b14-9-,17-7+;. The van der Waals surface area contributed by atoms with Crippen molar-refractivity contribution in [3.63, 3.8) is 0 Å². The molecule has 0 radical (unpaired) electrons. The number of aliphatic hydroxyl groups excluding tert-OH is 1. The zero-order chi connectivity index (χ0) is 28.8. The van der Waals surface area contributed by atoms with Gasteiger partial charge < -0.3 is 15.3 Å². The lowest BCUT2D eigenvalue weighted by Gasteiger charge is -2.18. The van der Waals surface area contributed by atoms with Gasteiger partial charge in [-0.25, -0.2) is 18.7 Å². The molecule has 1 aliphatic carbocycles. The average molecular weight is 529 g/mol. The third-order valence-electron chi connectivity index (χ3n) is 5.92. The fraction of sp³-hybridized carbons (Fsp3) is 0.448. The van der Waals surface area contributed by atoms with E-state index in [2.05, 4.69) is 35.7 Å². The second kappa shape index (κ2) is 12.9. The monoisotopic (exact) mass is 528 g/mol. The van der Waals surface area contributed by atoms with Gasteiger partial charge >= 0.3 is 0 Å². The van der Waals surface area contributed by atoms with Crippen molar-refractivity contribution in [3.05, 3.63) is 59.5 Å². The van der Waals surface area contributed by atoms with Crippen LogP contribution in [0.1, 0.15) is 69.9 Å². The van der Waals surface area contributed by atoms with Crippen molar-refractivity contribution in [2.24, 2.45) is 5.92 Å². The molecule has 1 aliphatic rings. The van der Waals surface area contributed by atoms with Crippen LogP contribution in [0, 0.1) is 5.92 Å². The molecular weight excluding hydrogens is 490 g/mol. The molecule has 3 rings (SSSR count). The number of aliphatic hydroxyl groups is 1. The summed E-state index contributed by atoms with van der Waals surface area (Å²) in [4.78, 5) is 35.3. The summed E-state index contributed by atoms with van der Waals surface area (Å²) in [7, 11) is 3.23. The van der Waals surface area contributed by atoms with Gasteiger partial charge in [0.05, 0.1) is 11.6 Å². The Morgan fingerprint density at radius 2 is 1.89 bits per heavy atom. The molecule has 0 spiro atoms. The Balaban J connectivity index is 0.00000161. The molecule has 2 aromatic rings. The summed E-state index contributed by atoms with van der Waals surface area (Å²) >= 11 is 0. The Hall–Kier alpha value is -3.46. The molecule has 0 aliphatic heterocycles. The zero-order valence-corrected chi connectivity index (χ0v) is 23.2. The van der Waals surface area contributed by atoms with Crippen LogP contribution < -0.4 is 5.32 Å². The number of rotatable bonds is 8. The first-order valence-electron chi connectivity index (χ1n) is 12.7. The van der Waals surface area contributed by atoms with Crippen molar-refractivity contribution >= 4 is 34.1 Å². The van der Waals surface area contributed by atoms with E-state index in [1.165, 1.54) is 23.6 Å². The highest BCUT2D eigenvalue weighted by molar-refractivity contribution is 6.02. The molecule has 2 unspecified atom stereocenters. The third-order valence-corrected chi connectivity index (χ3v) is 5.92. The maximum Gasteiger partial charge on any atom is 0.272 e. The maximum absolute atomic E-state index is 13.2. The first-order chi connectivity index (χ1) is 17.8. The quantitative estimate of drug-likeness (QED) is 0.409. The van der Waals surface area contributed by atoms with Crippen LogP contribution >= 0.6 is 0 Å². The number of hydrogen-bond donors (Lipinski definition) is 2. The molecule has 1 fully saturated rings. The van der Waals surface area contributed by atoms with Crippen molar-refractivity contribution in [2.75, 3.05) is 19.4 Å². The van der Waals surface area contributed by atoms with E-state index in [1.807, 2.05) is 26.8 Å². The van der Waals surface area contributed by atoms with Gasteiger partial charge in [0.1, 0.15) is 17.4 Å². The van der Waals surface area contributed by atoms with Gasteiger partial charge in [0.2, 0.25) is 5.91 Å². The molecule has 2 amide bonds. The minimum Gasteiger partial charge on any atom is -0.388 e. The number of halogens is 2. The van der Waals surface area contributed by atoms with Crippen LogP contribution in [0.15, 0.2) is 48.2 Å². The van der Waals surface area contributed by atoms with Crippen LogP contribution in [0.5, 0.6) is 0 Å². The highest BCUT2D eigenvalue weighted by atomic mass is 19.3. The molecular formula is C29H38F2N4O3. The Morgan fingerprint density at radius 3 is 2.39 bits per heavy atom. The SMILES string of the molecule is C=C(/C=C(C)\C(=C/C)c1cc2cnc(NC(=O)C3CC3(F)F)cc2nc1C(=O)N(C)C)C(O)CC.CCC. The molecule has 7 nitrogen and oxygen atoms in total. The molecule has 0 saturated heterocycles. The average Bonchev–Trinajstić information content (AvgIpc) is 3.51. The summed E-state index contributed by atoms with van der Waals surface area (Å²) in [6.07, 6.45) is 5.73. The predicted octanol–water partition coefficient (Wildman–Crippen LogP) is 6.02. The van der Waals surface area contributed by atoms with Crippen molar-refractivity contribution in [2.45, 2.75) is 65.9 Å². The number of anilines is 1. The minimum absolute atomic E-state index is 0.0842. The van der Waals surface area contributed by atoms with Gasteiger partial charge in [-0.1, -0.05) is 45.9 Å². The molecule has 38 heavy (non-hydrogen) atoms. The summed E-state index contributed by atoms with van der Waals surface area (Å²) in [6, 6.07) is 3.24. The first-order valence-corrected chi connectivity index (χ1v) is 12.7. The van der Waals surface area contributed by atoms with E-state index < -0.39 is 30.3 Å². The molecule has 206 valence electrons. The normalized spacial score (nSPS) is 17.3. The Bertz CT molecular complexity index is 1270. The summed E-state index contributed by atoms with van der Waals surface area (Å²) in [5.74, 6) is -5.38. The van der Waals surface area contributed by atoms with Crippen molar-refractivity contribution in [1.29, 1.82) is 0 Å². The van der Waals surface area contributed by atoms with Crippen molar-refractivity contribution in [3.8, 4) is 0 Å². The van der Waals surface area contributed by atoms with E-state index in [0.29, 0.717) is 28.5 Å². The number of carbonyl (C=O) groups is 2. The van der Waals surface area contributed by atoms with E-state index in [1.54, 1.807) is 26.2 Å². The van der Waals surface area contributed by atoms with E-state index in [-0.39, 0.29) is 17.4 Å². The fourth-order valence-corrected chi connectivity index (χ4v) is 3.74. The van der Waals surface area contributed by atoms with Gasteiger partial charge in [0, 0.05) is 43.7 Å². The van der Waals surface area contributed by atoms with Crippen LogP contribution in [-0.4, -0.2) is 57.9 Å². The van der Waals surface area contributed by atoms with Gasteiger partial charge in [-0.15, -0.1) is 0 Å². The number of alkyl halides is 2. The number of amides is 2. The van der Waals surface area contributed by atoms with Gasteiger partial charge in [0.25, 0.3) is 11.8 Å². The summed E-state index contributed by atoms with van der Waals surface area (Å²) in [5, 5.41) is 13.1. The van der Waals surface area contributed by atoms with E-state index in [0.717, 1.165) is 11.1 Å². The lowest BCUT2D eigenvalue weighted by molar-refractivity contribution is -0.119. The van der Waals surface area contributed by atoms with E-state index >= 15 is 0 Å². The van der Waals surface area contributed by atoms with Crippen LogP contribution in [0.2, 0.25) is 0 Å². The minimum atomic E-state index is -2.98. The van der Waals surface area contributed by atoms with Gasteiger partial charge in [-0.05, 0) is 43.1 Å². The predicted molar refractivity (Wildman–Crippen MR) is 148 cm³/mol. The summed E-state index contributed by atoms with van der Waals surface area (Å²) in [6.45, 7) is 13.7. The van der Waals surface area contributed by atoms with Crippen molar-refractivity contribution in [1.82, 2.24) is 14.9 Å². The molecule has 0 aromatic carbocycles. The first kappa shape index (κ1) is 30.8. The molecule has 2 N–H and O–H groups in total. The van der Waals surface area contributed by atoms with Gasteiger partial charge in [0.15, 0.2) is 0 Å². The topological polar surface area (TPSA) is 95.4 Å². The summed E-state index contributed by atoms with van der Waals surface area (Å²) < 4.78 is 26.4. The van der Waals surface area contributed by atoms with Crippen molar-refractivity contribution < 1.29 is 23.5 Å². The highest BCUT2D eigenvalue weighted by Gasteiger charge is 2.61. The Morgan fingerprint density at radius 1 is 1.29 bits per heavy atom. The number of carbonyl (C=O) groups excluding carboxylic acids is 2. The highest BCUT2D eigenvalue weighted by Crippen LogP contribution is 2.49. The van der Waals surface area contributed by atoms with E-state index in [4.69, 9.17) is 0 Å². The second-order valence-corrected chi connectivity index (χ2v) is 9.59. The van der Waals surface area contributed by atoms with Crippen LogP contribution in [0.4, 0.5) is 14.6 Å². The molecule has 1 saturated carbocycles. The number of fused-ring (bicyclic) bond motifs is 1. The lowest BCUT2D eigenvalue weighted by atomic mass is 9.93. The van der Waals surface area contributed by atoms with Crippen LogP contribution in [-0.2, 0) is 4.79 Å². The number of pyridine rings is 2. The van der Waals surface area contributed by atoms with Crippen LogP contribution in [0.3, 0.4) is 0 Å². The number of nitrogens with zero attached hydrogens (tertiary/aromatic N) is 3. The maximum atomic E-state index is 13.2. The summed E-state index contributed by atoms with van der Waals surface area (Å²) in [5.41, 5.74) is 3.23. The third kappa shape index (κ3) is 7.31. The number of allylic oxidation sites excluding steroid dienone is 3. The molecule has 9 heteroatoms.